The second-order valence-electron chi connectivity index (χ2n) is 6.92. The molecule has 26 heavy (non-hydrogen) atoms. The molecule has 1 heterocycles. The van der Waals surface area contributed by atoms with Crippen LogP contribution in [-0.2, 0) is 17.7 Å². The second kappa shape index (κ2) is 8.00. The predicted molar refractivity (Wildman–Crippen MR) is 95.8 cm³/mol. The zero-order chi connectivity index (χ0) is 19.3. The molecule has 1 aromatic carbocycles. The molecular weight excluding hydrogens is 335 g/mol. The van der Waals surface area contributed by atoms with E-state index in [9.17, 15) is 14.4 Å². The maximum absolute atomic E-state index is 14.4. The van der Waals surface area contributed by atoms with Crippen LogP contribution in [-0.4, -0.2) is 27.5 Å². The van der Waals surface area contributed by atoms with Crippen molar-refractivity contribution < 1.29 is 13.9 Å². The topological polar surface area (TPSA) is 79.9 Å². The van der Waals surface area contributed by atoms with Crippen LogP contribution in [0, 0.1) is 17.1 Å². The van der Waals surface area contributed by atoms with Gasteiger partial charge in [0.15, 0.2) is 0 Å². The molecule has 138 valence electrons. The number of nitriles is 1. The van der Waals surface area contributed by atoms with Gasteiger partial charge in [-0.2, -0.15) is 10.4 Å². The molecule has 7 heteroatoms. The first-order valence-corrected chi connectivity index (χ1v) is 8.42. The number of carbonyl (C=O) groups excluding carboxylic acids is 1. The first-order valence-electron chi connectivity index (χ1n) is 8.42. The summed E-state index contributed by atoms with van der Waals surface area (Å²) in [5.74, 6) is -0.432. The van der Waals surface area contributed by atoms with E-state index in [1.54, 1.807) is 43.8 Å². The molecule has 0 saturated heterocycles. The first kappa shape index (κ1) is 19.4. The number of ether oxygens (including phenoxy) is 1. The summed E-state index contributed by atoms with van der Waals surface area (Å²) in [4.78, 5) is 11.8. The predicted octanol–water partition coefficient (Wildman–Crippen LogP) is 3.67. The van der Waals surface area contributed by atoms with Gasteiger partial charge in [0.25, 0.3) is 0 Å². The number of nitrogens with zero attached hydrogens (tertiary/aromatic N) is 3. The van der Waals surface area contributed by atoms with E-state index in [-0.39, 0.29) is 6.42 Å². The Balaban J connectivity index is 2.08. The fourth-order valence-electron chi connectivity index (χ4n) is 2.38. The first-order chi connectivity index (χ1) is 12.2. The van der Waals surface area contributed by atoms with Crippen molar-refractivity contribution in [3.63, 3.8) is 0 Å². The summed E-state index contributed by atoms with van der Waals surface area (Å²) in [6.07, 6.45) is 2.88. The van der Waals surface area contributed by atoms with E-state index in [4.69, 9.17) is 4.74 Å². The highest BCUT2D eigenvalue weighted by Crippen LogP contribution is 2.22. The fourth-order valence-corrected chi connectivity index (χ4v) is 2.38. The average molecular weight is 358 g/mol. The van der Waals surface area contributed by atoms with Crippen LogP contribution < -0.4 is 5.32 Å². The molecule has 0 aliphatic rings. The minimum atomic E-state index is -0.881. The van der Waals surface area contributed by atoms with Crippen LogP contribution in [0.1, 0.15) is 33.3 Å². The standard InChI is InChI=1S/C19H23FN4O2/c1-5-24-12-15(11-22-24)13-6-7-14(17(20)9-13)8-16(10-21)23-18(25)26-19(2,3)4/h6-7,9,11-12,16H,5,8H2,1-4H3,(H,23,25). The smallest absolute Gasteiger partial charge is 0.408 e. The van der Waals surface area contributed by atoms with Gasteiger partial charge in [0.05, 0.1) is 12.3 Å². The number of halogens is 1. The Hall–Kier alpha value is -2.88. The third kappa shape index (κ3) is 5.31. The zero-order valence-corrected chi connectivity index (χ0v) is 15.4. The van der Waals surface area contributed by atoms with Crippen molar-refractivity contribution in [1.82, 2.24) is 15.1 Å². The molecule has 0 radical (unpaired) electrons. The highest BCUT2D eigenvalue weighted by molar-refractivity contribution is 5.68. The summed E-state index contributed by atoms with van der Waals surface area (Å²) < 4.78 is 21.3. The van der Waals surface area contributed by atoms with Crippen LogP contribution in [0.25, 0.3) is 11.1 Å². The molecule has 0 aliphatic heterocycles. The Labute approximate surface area is 152 Å². The Bertz CT molecular complexity index is 818. The average Bonchev–Trinajstić information content (AvgIpc) is 3.03. The monoisotopic (exact) mass is 358 g/mol. The zero-order valence-electron chi connectivity index (χ0n) is 15.4. The Morgan fingerprint density at radius 2 is 2.15 bits per heavy atom. The Morgan fingerprint density at radius 3 is 2.69 bits per heavy atom. The second-order valence-corrected chi connectivity index (χ2v) is 6.92. The molecule has 1 atom stereocenters. The lowest BCUT2D eigenvalue weighted by Gasteiger charge is -2.21. The summed E-state index contributed by atoms with van der Waals surface area (Å²) in [6, 6.07) is 5.88. The molecule has 1 amide bonds. The van der Waals surface area contributed by atoms with Crippen molar-refractivity contribution in [3.8, 4) is 17.2 Å². The molecule has 2 aromatic rings. The fraction of sp³-hybridized carbons (Fsp3) is 0.421. The lowest BCUT2D eigenvalue weighted by atomic mass is 10.0. The minimum absolute atomic E-state index is 0.0517. The van der Waals surface area contributed by atoms with Crippen molar-refractivity contribution in [2.24, 2.45) is 0 Å². The quantitative estimate of drug-likeness (QED) is 0.884. The molecule has 6 nitrogen and oxygen atoms in total. The van der Waals surface area contributed by atoms with Gasteiger partial charge in [0.2, 0.25) is 0 Å². The van der Waals surface area contributed by atoms with Crippen LogP contribution in [0.15, 0.2) is 30.6 Å². The Morgan fingerprint density at radius 1 is 1.42 bits per heavy atom. The number of aryl methyl sites for hydroxylation is 1. The normalized spacial score (nSPS) is 12.3. The number of hydrogen-bond acceptors (Lipinski definition) is 4. The third-order valence-corrected chi connectivity index (χ3v) is 3.61. The van der Waals surface area contributed by atoms with Gasteiger partial charge in [-0.3, -0.25) is 4.68 Å². The highest BCUT2D eigenvalue weighted by atomic mass is 19.1. The largest absolute Gasteiger partial charge is 0.444 e. The molecule has 1 aromatic heterocycles. The lowest BCUT2D eigenvalue weighted by Crippen LogP contribution is -2.39. The van der Waals surface area contributed by atoms with Gasteiger partial charge in [-0.15, -0.1) is 0 Å². The lowest BCUT2D eigenvalue weighted by molar-refractivity contribution is 0.0515. The summed E-state index contributed by atoms with van der Waals surface area (Å²) >= 11 is 0. The summed E-state index contributed by atoms with van der Waals surface area (Å²) in [5, 5.41) is 15.9. The molecule has 0 fully saturated rings. The summed E-state index contributed by atoms with van der Waals surface area (Å²) in [6.45, 7) is 7.90. The Kier molecular flexibility index (Phi) is 5.98. The number of alkyl carbamates (subject to hydrolysis) is 1. The van der Waals surface area contributed by atoms with E-state index in [0.717, 1.165) is 12.1 Å². The SMILES string of the molecule is CCn1cc(-c2ccc(CC(C#N)NC(=O)OC(C)(C)C)c(F)c2)cn1. The molecule has 0 aliphatic carbocycles. The molecule has 2 rings (SSSR count). The minimum Gasteiger partial charge on any atom is -0.444 e. The number of nitrogens with one attached hydrogen (secondary N) is 1. The molecule has 0 spiro atoms. The van der Waals surface area contributed by atoms with Gasteiger partial charge in [0.1, 0.15) is 17.5 Å². The van der Waals surface area contributed by atoms with Crippen LogP contribution in [0.3, 0.4) is 0 Å². The van der Waals surface area contributed by atoms with Crippen LogP contribution in [0.2, 0.25) is 0 Å². The van der Waals surface area contributed by atoms with E-state index in [0.29, 0.717) is 11.1 Å². The van der Waals surface area contributed by atoms with E-state index in [1.165, 1.54) is 6.07 Å². The van der Waals surface area contributed by atoms with E-state index in [2.05, 4.69) is 10.4 Å². The molecule has 1 unspecified atom stereocenters. The van der Waals surface area contributed by atoms with Crippen LogP contribution in [0.4, 0.5) is 9.18 Å². The van der Waals surface area contributed by atoms with Crippen molar-refractivity contribution in [2.75, 3.05) is 0 Å². The van der Waals surface area contributed by atoms with Gasteiger partial charge >= 0.3 is 6.09 Å². The van der Waals surface area contributed by atoms with Crippen LogP contribution in [0.5, 0.6) is 0 Å². The van der Waals surface area contributed by atoms with Crippen molar-refractivity contribution >= 4 is 6.09 Å². The number of hydrogen-bond donors (Lipinski definition) is 1. The van der Waals surface area contributed by atoms with Gasteiger partial charge in [-0.05, 0) is 44.9 Å². The summed E-state index contributed by atoms with van der Waals surface area (Å²) in [5.41, 5.74) is 1.21. The van der Waals surface area contributed by atoms with Gasteiger partial charge in [-0.1, -0.05) is 12.1 Å². The van der Waals surface area contributed by atoms with Crippen LogP contribution >= 0.6 is 0 Å². The van der Waals surface area contributed by atoms with E-state index < -0.39 is 23.6 Å². The number of amides is 1. The number of benzene rings is 1. The van der Waals surface area contributed by atoms with Crippen molar-refractivity contribution in [2.45, 2.75) is 52.3 Å². The van der Waals surface area contributed by atoms with Gasteiger partial charge in [-0.25, -0.2) is 9.18 Å². The number of carbonyl (C=O) groups is 1. The molecule has 0 bridgehead atoms. The van der Waals surface area contributed by atoms with Crippen molar-refractivity contribution in [1.29, 1.82) is 5.26 Å². The summed E-state index contributed by atoms with van der Waals surface area (Å²) in [7, 11) is 0. The van der Waals surface area contributed by atoms with Gasteiger partial charge in [0, 0.05) is 24.7 Å². The molecular formula is C19H23FN4O2. The maximum atomic E-state index is 14.4. The molecule has 0 saturated carbocycles. The van der Waals surface area contributed by atoms with E-state index >= 15 is 0 Å². The number of rotatable bonds is 5. The highest BCUT2D eigenvalue weighted by Gasteiger charge is 2.20. The maximum Gasteiger partial charge on any atom is 0.408 e. The third-order valence-electron chi connectivity index (χ3n) is 3.61. The molecule has 1 N–H and O–H groups in total. The van der Waals surface area contributed by atoms with Gasteiger partial charge < -0.3 is 10.1 Å². The van der Waals surface area contributed by atoms with E-state index in [1.807, 2.05) is 19.2 Å². The number of aromatic nitrogens is 2. The van der Waals surface area contributed by atoms with Crippen molar-refractivity contribution in [3.05, 3.63) is 42.0 Å².